The average molecular weight is 366 g/mol. The van der Waals surface area contributed by atoms with Crippen LogP contribution in [0.1, 0.15) is 35.7 Å². The minimum atomic E-state index is 0.129. The van der Waals surface area contributed by atoms with E-state index in [1.165, 1.54) is 10.3 Å². The van der Waals surface area contributed by atoms with Crippen LogP contribution in [0.3, 0.4) is 0 Å². The highest BCUT2D eigenvalue weighted by atomic mass is 32.1. The van der Waals surface area contributed by atoms with Crippen molar-refractivity contribution in [3.63, 3.8) is 0 Å². The van der Waals surface area contributed by atoms with Crippen molar-refractivity contribution in [2.45, 2.75) is 19.8 Å². The van der Waals surface area contributed by atoms with Gasteiger partial charge in [-0.1, -0.05) is 49.4 Å². The normalized spacial score (nSPS) is 15.0. The monoisotopic (exact) mass is 365 g/mol. The first kappa shape index (κ1) is 17.0. The third-order valence-electron chi connectivity index (χ3n) is 4.94. The fraction of sp³-hybridized carbons (Fsp3) is 0.333. The summed E-state index contributed by atoms with van der Waals surface area (Å²) in [6, 6.07) is 16.3. The van der Waals surface area contributed by atoms with E-state index in [2.05, 4.69) is 43.0 Å². The number of carbonyl (C=O) groups is 1. The van der Waals surface area contributed by atoms with Gasteiger partial charge in [-0.2, -0.15) is 0 Å². The molecule has 26 heavy (non-hydrogen) atoms. The van der Waals surface area contributed by atoms with Crippen LogP contribution in [-0.2, 0) is 0 Å². The standard InChI is InChI=1S/C21H23N3OS/c1-15(2)16-7-9-17(10-8-16)20(25)23-11-13-24(14-12-23)21-22-18-5-3-4-6-19(18)26-21/h3-10,15H,11-14H2,1-2H3. The second-order valence-corrected chi connectivity index (χ2v) is 8.03. The van der Waals surface area contributed by atoms with Crippen LogP contribution in [0.4, 0.5) is 5.13 Å². The summed E-state index contributed by atoms with van der Waals surface area (Å²) in [5, 5.41) is 1.06. The van der Waals surface area contributed by atoms with Crippen LogP contribution in [0.2, 0.25) is 0 Å². The molecular weight excluding hydrogens is 342 g/mol. The van der Waals surface area contributed by atoms with Gasteiger partial charge in [0.05, 0.1) is 10.2 Å². The van der Waals surface area contributed by atoms with Crippen molar-refractivity contribution < 1.29 is 4.79 Å². The van der Waals surface area contributed by atoms with Gasteiger partial charge in [-0.25, -0.2) is 4.98 Å². The zero-order valence-electron chi connectivity index (χ0n) is 15.2. The Morgan fingerprint density at radius 2 is 1.69 bits per heavy atom. The molecule has 0 saturated carbocycles. The van der Waals surface area contributed by atoms with Gasteiger partial charge in [0.1, 0.15) is 0 Å². The molecule has 0 N–H and O–H groups in total. The fourth-order valence-corrected chi connectivity index (χ4v) is 4.31. The molecule has 0 atom stereocenters. The number of piperazine rings is 1. The number of hydrogen-bond donors (Lipinski definition) is 0. The number of hydrogen-bond acceptors (Lipinski definition) is 4. The van der Waals surface area contributed by atoms with E-state index in [1.807, 2.05) is 29.2 Å². The molecule has 1 aliphatic rings. The van der Waals surface area contributed by atoms with Crippen LogP contribution in [0, 0.1) is 0 Å². The fourth-order valence-electron chi connectivity index (χ4n) is 3.29. The molecule has 2 aromatic carbocycles. The van der Waals surface area contributed by atoms with Crippen LogP contribution in [0.15, 0.2) is 48.5 Å². The molecule has 0 bridgehead atoms. The third kappa shape index (κ3) is 3.31. The first-order valence-corrected chi connectivity index (χ1v) is 9.93. The number of nitrogens with zero attached hydrogens (tertiary/aromatic N) is 3. The molecule has 5 heteroatoms. The van der Waals surface area contributed by atoms with E-state index in [-0.39, 0.29) is 5.91 Å². The predicted molar refractivity (Wildman–Crippen MR) is 108 cm³/mol. The van der Waals surface area contributed by atoms with Crippen LogP contribution in [0.25, 0.3) is 10.2 Å². The van der Waals surface area contributed by atoms with Gasteiger partial charge in [-0.15, -0.1) is 0 Å². The number of carbonyl (C=O) groups excluding carboxylic acids is 1. The average Bonchev–Trinajstić information content (AvgIpc) is 3.12. The maximum Gasteiger partial charge on any atom is 0.253 e. The molecule has 1 aliphatic heterocycles. The van der Waals surface area contributed by atoms with E-state index in [9.17, 15) is 4.79 Å². The highest BCUT2D eigenvalue weighted by Crippen LogP contribution is 2.29. The molecule has 1 saturated heterocycles. The lowest BCUT2D eigenvalue weighted by atomic mass is 10.0. The molecule has 1 aromatic heterocycles. The highest BCUT2D eigenvalue weighted by Gasteiger charge is 2.24. The van der Waals surface area contributed by atoms with Crippen molar-refractivity contribution in [2.24, 2.45) is 0 Å². The second-order valence-electron chi connectivity index (χ2n) is 7.02. The maximum absolute atomic E-state index is 12.8. The summed E-state index contributed by atoms with van der Waals surface area (Å²) in [7, 11) is 0. The summed E-state index contributed by atoms with van der Waals surface area (Å²) in [6.45, 7) is 7.46. The van der Waals surface area contributed by atoms with Crippen molar-refractivity contribution in [1.82, 2.24) is 9.88 Å². The largest absolute Gasteiger partial charge is 0.345 e. The lowest BCUT2D eigenvalue weighted by Gasteiger charge is -2.34. The minimum Gasteiger partial charge on any atom is -0.345 e. The smallest absolute Gasteiger partial charge is 0.253 e. The predicted octanol–water partition coefficient (Wildman–Crippen LogP) is 4.38. The maximum atomic E-state index is 12.8. The topological polar surface area (TPSA) is 36.4 Å². The number of aromatic nitrogens is 1. The summed E-state index contributed by atoms with van der Waals surface area (Å²) < 4.78 is 1.21. The van der Waals surface area contributed by atoms with E-state index in [1.54, 1.807) is 11.3 Å². The Hall–Kier alpha value is -2.40. The number of benzene rings is 2. The zero-order chi connectivity index (χ0) is 18.1. The molecule has 0 unspecified atom stereocenters. The molecule has 0 aliphatic carbocycles. The molecule has 134 valence electrons. The molecular formula is C21H23N3OS. The van der Waals surface area contributed by atoms with Gasteiger partial charge in [-0.3, -0.25) is 4.79 Å². The van der Waals surface area contributed by atoms with Crippen LogP contribution >= 0.6 is 11.3 Å². The van der Waals surface area contributed by atoms with E-state index in [0.29, 0.717) is 5.92 Å². The Morgan fingerprint density at radius 1 is 1.00 bits per heavy atom. The van der Waals surface area contributed by atoms with E-state index >= 15 is 0 Å². The first-order valence-electron chi connectivity index (χ1n) is 9.11. The Bertz CT molecular complexity index is 875. The zero-order valence-corrected chi connectivity index (χ0v) is 16.0. The lowest BCUT2D eigenvalue weighted by Crippen LogP contribution is -2.48. The third-order valence-corrected chi connectivity index (χ3v) is 6.04. The second kappa shape index (κ2) is 7.08. The SMILES string of the molecule is CC(C)c1ccc(C(=O)N2CCN(c3nc4ccccc4s3)CC2)cc1. The first-order chi connectivity index (χ1) is 12.6. The Labute approximate surface area is 158 Å². The molecule has 0 radical (unpaired) electrons. The number of para-hydroxylation sites is 1. The van der Waals surface area contributed by atoms with Gasteiger partial charge in [-0.05, 0) is 35.7 Å². The summed E-state index contributed by atoms with van der Waals surface area (Å²) in [6.07, 6.45) is 0. The summed E-state index contributed by atoms with van der Waals surface area (Å²) in [4.78, 5) is 21.7. The van der Waals surface area contributed by atoms with Crippen LogP contribution in [-0.4, -0.2) is 42.0 Å². The molecule has 1 amide bonds. The number of fused-ring (bicyclic) bond motifs is 1. The number of anilines is 1. The van der Waals surface area contributed by atoms with Crippen molar-refractivity contribution in [1.29, 1.82) is 0 Å². The van der Waals surface area contributed by atoms with Gasteiger partial charge in [0.2, 0.25) is 0 Å². The van der Waals surface area contributed by atoms with Crippen molar-refractivity contribution >= 4 is 32.6 Å². The summed E-state index contributed by atoms with van der Waals surface area (Å²) in [5.41, 5.74) is 3.10. The van der Waals surface area contributed by atoms with Gasteiger partial charge < -0.3 is 9.80 Å². The number of thiazole rings is 1. The van der Waals surface area contributed by atoms with Crippen LogP contribution in [0.5, 0.6) is 0 Å². The van der Waals surface area contributed by atoms with E-state index < -0.39 is 0 Å². The molecule has 4 rings (SSSR count). The van der Waals surface area contributed by atoms with Gasteiger partial charge >= 0.3 is 0 Å². The molecule has 3 aromatic rings. The lowest BCUT2D eigenvalue weighted by molar-refractivity contribution is 0.0746. The van der Waals surface area contributed by atoms with E-state index in [4.69, 9.17) is 4.98 Å². The van der Waals surface area contributed by atoms with E-state index in [0.717, 1.165) is 42.4 Å². The molecule has 4 nitrogen and oxygen atoms in total. The Balaban J connectivity index is 1.41. The number of rotatable bonds is 3. The summed E-state index contributed by atoms with van der Waals surface area (Å²) in [5.74, 6) is 0.612. The quantitative estimate of drug-likeness (QED) is 0.691. The molecule has 0 spiro atoms. The summed E-state index contributed by atoms with van der Waals surface area (Å²) >= 11 is 1.73. The number of amides is 1. The Morgan fingerprint density at radius 3 is 2.35 bits per heavy atom. The molecule has 1 fully saturated rings. The Kier molecular flexibility index (Phi) is 4.64. The van der Waals surface area contributed by atoms with Gasteiger partial charge in [0, 0.05) is 31.7 Å². The van der Waals surface area contributed by atoms with Gasteiger partial charge in [0.25, 0.3) is 5.91 Å². The van der Waals surface area contributed by atoms with Gasteiger partial charge in [0.15, 0.2) is 5.13 Å². The van der Waals surface area contributed by atoms with Crippen molar-refractivity contribution in [3.05, 3.63) is 59.7 Å². The van der Waals surface area contributed by atoms with Crippen molar-refractivity contribution in [3.8, 4) is 0 Å². The molecule has 2 heterocycles. The minimum absolute atomic E-state index is 0.129. The van der Waals surface area contributed by atoms with Crippen molar-refractivity contribution in [2.75, 3.05) is 31.1 Å². The highest BCUT2D eigenvalue weighted by molar-refractivity contribution is 7.22. The van der Waals surface area contributed by atoms with Crippen LogP contribution < -0.4 is 4.90 Å².